The van der Waals surface area contributed by atoms with Gasteiger partial charge < -0.3 is 25.3 Å². The first-order valence-electron chi connectivity index (χ1n) is 13.5. The molecule has 4 amide bonds. The molecule has 1 aromatic carbocycles. The topological polar surface area (TPSA) is 85.0 Å². The second-order valence-corrected chi connectivity index (χ2v) is 10.1. The average Bonchev–Trinajstić information content (AvgIpc) is 3.73. The summed E-state index contributed by atoms with van der Waals surface area (Å²) in [5.41, 5.74) is 2.16. The van der Waals surface area contributed by atoms with E-state index in [1.54, 1.807) is 0 Å². The normalized spacial score (nSPS) is 19.1. The first-order valence-corrected chi connectivity index (χ1v) is 13.5. The van der Waals surface area contributed by atoms with Gasteiger partial charge in [-0.15, -0.1) is 0 Å². The van der Waals surface area contributed by atoms with Crippen LogP contribution in [0.3, 0.4) is 0 Å². The number of carbonyl (C=O) groups excluding carboxylic acids is 3. The Morgan fingerprint density at radius 3 is 2.34 bits per heavy atom. The van der Waals surface area contributed by atoms with Crippen LogP contribution >= 0.6 is 0 Å². The number of hydrogen-bond donors (Lipinski definition) is 2. The molecule has 8 heteroatoms. The average molecular weight is 484 g/mol. The van der Waals surface area contributed by atoms with E-state index in [4.69, 9.17) is 0 Å². The third kappa shape index (κ3) is 6.47. The van der Waals surface area contributed by atoms with E-state index in [0.29, 0.717) is 50.0 Å². The van der Waals surface area contributed by atoms with Crippen LogP contribution in [0.25, 0.3) is 0 Å². The van der Waals surface area contributed by atoms with Crippen molar-refractivity contribution in [1.29, 1.82) is 0 Å². The molecular formula is C27H41N5O3. The van der Waals surface area contributed by atoms with E-state index in [0.717, 1.165) is 44.3 Å². The van der Waals surface area contributed by atoms with Gasteiger partial charge in [-0.25, -0.2) is 4.79 Å². The molecule has 0 bridgehead atoms. The largest absolute Gasteiger partial charge is 0.369 e. The lowest BCUT2D eigenvalue weighted by atomic mass is 9.96. The van der Waals surface area contributed by atoms with Gasteiger partial charge in [0.05, 0.1) is 5.56 Å². The van der Waals surface area contributed by atoms with Gasteiger partial charge in [0.1, 0.15) is 0 Å². The van der Waals surface area contributed by atoms with Crippen molar-refractivity contribution in [3.8, 4) is 0 Å². The SMILES string of the molecule is CCN(CC)C(=O)c1cc(NC(=O)C2CC2)ccc1N1CCCN(C(=O)NC2CCCCC2)CC1. The quantitative estimate of drug-likeness (QED) is 0.612. The maximum Gasteiger partial charge on any atom is 0.317 e. The Morgan fingerprint density at radius 1 is 0.914 bits per heavy atom. The highest BCUT2D eigenvalue weighted by atomic mass is 16.2. The summed E-state index contributed by atoms with van der Waals surface area (Å²) < 4.78 is 0. The summed E-state index contributed by atoms with van der Waals surface area (Å²) in [5, 5.41) is 6.23. The van der Waals surface area contributed by atoms with Crippen LogP contribution in [0.5, 0.6) is 0 Å². The Kier molecular flexibility index (Phi) is 8.52. The van der Waals surface area contributed by atoms with E-state index in [9.17, 15) is 14.4 Å². The van der Waals surface area contributed by atoms with E-state index in [1.165, 1.54) is 19.3 Å². The number of urea groups is 1. The van der Waals surface area contributed by atoms with Crippen molar-refractivity contribution < 1.29 is 14.4 Å². The lowest BCUT2D eigenvalue weighted by Gasteiger charge is -2.29. The van der Waals surface area contributed by atoms with Crippen LogP contribution in [0.1, 0.15) is 75.6 Å². The molecule has 1 aliphatic heterocycles. The number of hydrogen-bond acceptors (Lipinski definition) is 4. The maximum absolute atomic E-state index is 13.4. The lowest BCUT2D eigenvalue weighted by Crippen LogP contribution is -2.46. The fourth-order valence-electron chi connectivity index (χ4n) is 5.21. The molecule has 2 saturated carbocycles. The minimum atomic E-state index is -0.0244. The van der Waals surface area contributed by atoms with Crippen LogP contribution in [0.4, 0.5) is 16.2 Å². The fourth-order valence-corrected chi connectivity index (χ4v) is 5.21. The van der Waals surface area contributed by atoms with Gasteiger partial charge in [0.2, 0.25) is 5.91 Å². The summed E-state index contributed by atoms with van der Waals surface area (Å²) in [4.78, 5) is 44.6. The van der Waals surface area contributed by atoms with Gasteiger partial charge in [0.15, 0.2) is 0 Å². The van der Waals surface area contributed by atoms with Crippen molar-refractivity contribution in [2.75, 3.05) is 49.5 Å². The van der Waals surface area contributed by atoms with Crippen LogP contribution in [0.2, 0.25) is 0 Å². The number of anilines is 2. The summed E-state index contributed by atoms with van der Waals surface area (Å²) in [6.45, 7) is 8.00. The van der Waals surface area contributed by atoms with E-state index in [1.807, 2.05) is 41.8 Å². The third-order valence-electron chi connectivity index (χ3n) is 7.55. The molecule has 3 fully saturated rings. The number of carbonyl (C=O) groups is 3. The summed E-state index contributed by atoms with van der Waals surface area (Å²) >= 11 is 0. The molecule has 0 unspecified atom stereocenters. The first kappa shape index (κ1) is 25.3. The van der Waals surface area contributed by atoms with Crippen LogP contribution < -0.4 is 15.5 Å². The predicted molar refractivity (Wildman–Crippen MR) is 139 cm³/mol. The first-order chi connectivity index (χ1) is 17.0. The molecule has 0 radical (unpaired) electrons. The molecule has 0 aromatic heterocycles. The molecule has 0 atom stereocenters. The molecule has 3 aliphatic rings. The van der Waals surface area contributed by atoms with Gasteiger partial charge in [-0.2, -0.15) is 0 Å². The number of rotatable bonds is 7. The standard InChI is InChI=1S/C27H41N5O3/c1-3-30(4-2)26(34)23-19-22(28-25(33)20-11-12-20)13-14-24(23)31-15-8-16-32(18-17-31)27(35)29-21-9-6-5-7-10-21/h13-14,19-21H,3-12,15-18H2,1-2H3,(H,28,33)(H,29,35). The fraction of sp³-hybridized carbons (Fsp3) is 0.667. The van der Waals surface area contributed by atoms with Gasteiger partial charge in [0, 0.05) is 62.6 Å². The van der Waals surface area contributed by atoms with E-state index >= 15 is 0 Å². The van der Waals surface area contributed by atoms with Gasteiger partial charge in [-0.05, 0) is 64.2 Å². The van der Waals surface area contributed by atoms with Gasteiger partial charge >= 0.3 is 6.03 Å². The van der Waals surface area contributed by atoms with E-state index in [-0.39, 0.29) is 23.8 Å². The Bertz CT molecular complexity index is 906. The van der Waals surface area contributed by atoms with Crippen molar-refractivity contribution in [2.45, 2.75) is 71.3 Å². The van der Waals surface area contributed by atoms with Crippen molar-refractivity contribution in [1.82, 2.24) is 15.1 Å². The second kappa shape index (κ2) is 11.8. The van der Waals surface area contributed by atoms with Crippen molar-refractivity contribution in [2.24, 2.45) is 5.92 Å². The molecule has 1 heterocycles. The summed E-state index contributed by atoms with van der Waals surface area (Å²) in [6, 6.07) is 6.02. The van der Waals surface area contributed by atoms with E-state index in [2.05, 4.69) is 15.5 Å². The zero-order chi connectivity index (χ0) is 24.8. The zero-order valence-corrected chi connectivity index (χ0v) is 21.4. The minimum absolute atomic E-state index is 0.0244. The zero-order valence-electron chi connectivity index (χ0n) is 21.4. The highest BCUT2D eigenvalue weighted by molar-refractivity contribution is 6.02. The van der Waals surface area contributed by atoms with Crippen LogP contribution in [0, 0.1) is 5.92 Å². The van der Waals surface area contributed by atoms with Gasteiger partial charge in [0.25, 0.3) is 5.91 Å². The number of benzene rings is 1. The van der Waals surface area contributed by atoms with Crippen LogP contribution in [-0.4, -0.2) is 73.0 Å². The minimum Gasteiger partial charge on any atom is -0.369 e. The molecule has 8 nitrogen and oxygen atoms in total. The van der Waals surface area contributed by atoms with Crippen LogP contribution in [-0.2, 0) is 4.79 Å². The summed E-state index contributed by atoms with van der Waals surface area (Å²) in [6.07, 6.45) is 8.53. The van der Waals surface area contributed by atoms with Crippen molar-refractivity contribution in [3.63, 3.8) is 0 Å². The molecule has 192 valence electrons. The Hall–Kier alpha value is -2.77. The van der Waals surface area contributed by atoms with Gasteiger partial charge in [-0.1, -0.05) is 19.3 Å². The smallest absolute Gasteiger partial charge is 0.317 e. The summed E-state index contributed by atoms with van der Waals surface area (Å²) in [5.74, 6) is 0.116. The molecule has 1 aromatic rings. The molecular weight excluding hydrogens is 442 g/mol. The molecule has 2 N–H and O–H groups in total. The Labute approximate surface area is 209 Å². The predicted octanol–water partition coefficient (Wildman–Crippen LogP) is 4.07. The maximum atomic E-state index is 13.4. The van der Waals surface area contributed by atoms with Crippen molar-refractivity contribution in [3.05, 3.63) is 23.8 Å². The number of nitrogens with zero attached hydrogens (tertiary/aromatic N) is 3. The third-order valence-corrected chi connectivity index (χ3v) is 7.55. The Balaban J connectivity index is 1.48. The van der Waals surface area contributed by atoms with Crippen molar-refractivity contribution >= 4 is 29.2 Å². The highest BCUT2D eigenvalue weighted by Crippen LogP contribution is 2.32. The van der Waals surface area contributed by atoms with Crippen LogP contribution in [0.15, 0.2) is 18.2 Å². The van der Waals surface area contributed by atoms with E-state index < -0.39 is 0 Å². The lowest BCUT2D eigenvalue weighted by molar-refractivity contribution is -0.117. The molecule has 2 aliphatic carbocycles. The highest BCUT2D eigenvalue weighted by Gasteiger charge is 2.30. The monoisotopic (exact) mass is 483 g/mol. The van der Waals surface area contributed by atoms with Gasteiger partial charge in [-0.3, -0.25) is 9.59 Å². The second-order valence-electron chi connectivity index (χ2n) is 10.1. The molecule has 4 rings (SSSR count). The molecule has 0 spiro atoms. The number of nitrogens with one attached hydrogen (secondary N) is 2. The molecule has 1 saturated heterocycles. The molecule has 35 heavy (non-hydrogen) atoms. The Morgan fingerprint density at radius 2 is 1.66 bits per heavy atom. The summed E-state index contributed by atoms with van der Waals surface area (Å²) in [7, 11) is 0. The number of amides is 4.